The molecule has 0 radical (unpaired) electrons. The molecule has 0 saturated heterocycles. The van der Waals surface area contributed by atoms with Gasteiger partial charge in [0.15, 0.2) is 0 Å². The number of ether oxygens (including phenoxy) is 2. The third-order valence-corrected chi connectivity index (χ3v) is 3.65. The van der Waals surface area contributed by atoms with Gasteiger partial charge in [-0.2, -0.15) is 0 Å². The van der Waals surface area contributed by atoms with Crippen molar-refractivity contribution in [3.63, 3.8) is 0 Å². The van der Waals surface area contributed by atoms with Gasteiger partial charge in [0, 0.05) is 11.7 Å². The zero-order chi connectivity index (χ0) is 14.5. The highest BCUT2D eigenvalue weighted by atomic mass is 16.5. The molecular formula is C16H22N2O2. The fourth-order valence-electron chi connectivity index (χ4n) is 2.35. The summed E-state index contributed by atoms with van der Waals surface area (Å²) in [6, 6.07) is 5.80. The molecule has 0 bridgehead atoms. The van der Waals surface area contributed by atoms with Crippen LogP contribution in [-0.2, 0) is 11.2 Å². The number of hydrogen-bond donors (Lipinski definition) is 2. The first-order valence-corrected chi connectivity index (χ1v) is 6.76. The van der Waals surface area contributed by atoms with Gasteiger partial charge >= 0.3 is 0 Å². The van der Waals surface area contributed by atoms with Crippen LogP contribution in [-0.4, -0.2) is 20.3 Å². The van der Waals surface area contributed by atoms with Crippen LogP contribution in [0.4, 0.5) is 5.69 Å². The van der Waals surface area contributed by atoms with Gasteiger partial charge in [-0.25, -0.2) is 0 Å². The predicted octanol–water partition coefficient (Wildman–Crippen LogP) is 2.40. The Morgan fingerprint density at radius 3 is 2.70 bits per heavy atom. The normalized spacial score (nSPS) is 18.2. The summed E-state index contributed by atoms with van der Waals surface area (Å²) in [5.74, 6) is 1.72. The lowest BCUT2D eigenvalue weighted by Crippen LogP contribution is -2.24. The highest BCUT2D eigenvalue weighted by molar-refractivity contribution is 5.50. The standard InChI is InChI=1S/C16H22N2O2/c1-19-13-5-7-15(17)11(9-13)3-4-12-10-14(20-2)6-8-16(12)18/h5-7,9-10,16H,3-4,8,17-18H2,1-2H3. The van der Waals surface area contributed by atoms with Gasteiger partial charge in [-0.1, -0.05) is 0 Å². The van der Waals surface area contributed by atoms with Gasteiger partial charge in [-0.3, -0.25) is 0 Å². The molecule has 1 aliphatic carbocycles. The van der Waals surface area contributed by atoms with Crippen molar-refractivity contribution >= 4 is 5.69 Å². The van der Waals surface area contributed by atoms with E-state index in [1.54, 1.807) is 14.2 Å². The Balaban J connectivity index is 2.08. The van der Waals surface area contributed by atoms with Gasteiger partial charge in [-0.05, 0) is 60.8 Å². The van der Waals surface area contributed by atoms with Gasteiger partial charge in [-0.15, -0.1) is 0 Å². The van der Waals surface area contributed by atoms with E-state index in [9.17, 15) is 0 Å². The summed E-state index contributed by atoms with van der Waals surface area (Å²) in [5, 5.41) is 0. The summed E-state index contributed by atoms with van der Waals surface area (Å²) in [7, 11) is 3.33. The number of nitrogen functional groups attached to an aromatic ring is 1. The summed E-state index contributed by atoms with van der Waals surface area (Å²) < 4.78 is 10.5. The molecule has 0 spiro atoms. The fourth-order valence-corrected chi connectivity index (χ4v) is 2.35. The molecule has 4 nitrogen and oxygen atoms in total. The number of anilines is 1. The molecule has 20 heavy (non-hydrogen) atoms. The fraction of sp³-hybridized carbons (Fsp3) is 0.375. The van der Waals surface area contributed by atoms with Crippen LogP contribution in [0.15, 0.2) is 41.7 Å². The third kappa shape index (κ3) is 3.33. The Morgan fingerprint density at radius 2 is 2.00 bits per heavy atom. The SMILES string of the molecule is COC1=CCC(N)C(CCc2cc(OC)ccc2N)=C1. The second kappa shape index (κ2) is 6.48. The molecule has 4 N–H and O–H groups in total. The van der Waals surface area contributed by atoms with E-state index in [2.05, 4.69) is 0 Å². The molecule has 1 unspecified atom stereocenters. The average molecular weight is 274 g/mol. The van der Waals surface area contributed by atoms with Crippen LogP contribution in [0.1, 0.15) is 18.4 Å². The second-order valence-corrected chi connectivity index (χ2v) is 4.94. The largest absolute Gasteiger partial charge is 0.497 e. The summed E-state index contributed by atoms with van der Waals surface area (Å²) in [4.78, 5) is 0. The molecule has 108 valence electrons. The Kier molecular flexibility index (Phi) is 4.69. The number of benzene rings is 1. The van der Waals surface area contributed by atoms with Gasteiger partial charge in [0.2, 0.25) is 0 Å². The lowest BCUT2D eigenvalue weighted by atomic mass is 9.93. The molecule has 0 heterocycles. The third-order valence-electron chi connectivity index (χ3n) is 3.65. The van der Waals surface area contributed by atoms with E-state index in [-0.39, 0.29) is 6.04 Å². The van der Waals surface area contributed by atoms with Crippen LogP contribution in [0.2, 0.25) is 0 Å². The smallest absolute Gasteiger partial charge is 0.119 e. The average Bonchev–Trinajstić information content (AvgIpc) is 2.48. The monoisotopic (exact) mass is 274 g/mol. The van der Waals surface area contributed by atoms with Crippen molar-refractivity contribution in [3.8, 4) is 5.75 Å². The lowest BCUT2D eigenvalue weighted by molar-refractivity contribution is 0.301. The zero-order valence-electron chi connectivity index (χ0n) is 12.1. The van der Waals surface area contributed by atoms with Crippen LogP contribution >= 0.6 is 0 Å². The number of hydrogen-bond acceptors (Lipinski definition) is 4. The van der Waals surface area contributed by atoms with Crippen molar-refractivity contribution in [1.82, 2.24) is 0 Å². The molecule has 4 heteroatoms. The first-order chi connectivity index (χ1) is 9.63. The summed E-state index contributed by atoms with van der Waals surface area (Å²) in [5.41, 5.74) is 15.2. The number of rotatable bonds is 5. The molecule has 1 aromatic rings. The Hall–Kier alpha value is -1.94. The van der Waals surface area contributed by atoms with E-state index in [0.29, 0.717) is 0 Å². The molecule has 0 aromatic heterocycles. The maximum Gasteiger partial charge on any atom is 0.119 e. The van der Waals surface area contributed by atoms with E-state index in [1.807, 2.05) is 30.4 Å². The maximum atomic E-state index is 6.13. The summed E-state index contributed by atoms with van der Waals surface area (Å²) in [6.07, 6.45) is 6.60. The van der Waals surface area contributed by atoms with Gasteiger partial charge < -0.3 is 20.9 Å². The van der Waals surface area contributed by atoms with Crippen molar-refractivity contribution in [2.45, 2.75) is 25.3 Å². The minimum atomic E-state index is 0.0701. The minimum Gasteiger partial charge on any atom is -0.497 e. The number of allylic oxidation sites excluding steroid dienone is 1. The quantitative estimate of drug-likeness (QED) is 0.809. The highest BCUT2D eigenvalue weighted by Crippen LogP contribution is 2.25. The minimum absolute atomic E-state index is 0.0701. The Bertz CT molecular complexity index is 535. The van der Waals surface area contributed by atoms with E-state index < -0.39 is 0 Å². The topological polar surface area (TPSA) is 70.5 Å². The molecule has 1 atom stereocenters. The first kappa shape index (κ1) is 14.5. The highest BCUT2D eigenvalue weighted by Gasteiger charge is 2.15. The number of nitrogens with two attached hydrogens (primary N) is 2. The molecule has 0 saturated carbocycles. The second-order valence-electron chi connectivity index (χ2n) is 4.94. The molecule has 1 aliphatic rings. The molecule has 0 amide bonds. The molecule has 0 fully saturated rings. The number of methoxy groups -OCH3 is 2. The Labute approximate surface area is 120 Å². The number of aryl methyl sites for hydroxylation is 1. The van der Waals surface area contributed by atoms with E-state index in [1.165, 1.54) is 5.57 Å². The van der Waals surface area contributed by atoms with Crippen molar-refractivity contribution in [2.75, 3.05) is 20.0 Å². The van der Waals surface area contributed by atoms with E-state index >= 15 is 0 Å². The predicted molar refractivity (Wildman–Crippen MR) is 81.5 cm³/mol. The van der Waals surface area contributed by atoms with Crippen LogP contribution in [0.3, 0.4) is 0 Å². The van der Waals surface area contributed by atoms with Crippen LogP contribution < -0.4 is 16.2 Å². The zero-order valence-corrected chi connectivity index (χ0v) is 12.1. The first-order valence-electron chi connectivity index (χ1n) is 6.76. The summed E-state index contributed by atoms with van der Waals surface area (Å²) >= 11 is 0. The van der Waals surface area contributed by atoms with Crippen LogP contribution in [0.5, 0.6) is 5.75 Å². The Morgan fingerprint density at radius 1 is 1.20 bits per heavy atom. The van der Waals surface area contributed by atoms with Crippen molar-refractivity contribution in [2.24, 2.45) is 5.73 Å². The van der Waals surface area contributed by atoms with E-state index in [4.69, 9.17) is 20.9 Å². The van der Waals surface area contributed by atoms with Crippen LogP contribution in [0, 0.1) is 0 Å². The van der Waals surface area contributed by atoms with Crippen molar-refractivity contribution < 1.29 is 9.47 Å². The molecular weight excluding hydrogens is 252 g/mol. The van der Waals surface area contributed by atoms with Crippen molar-refractivity contribution in [3.05, 3.63) is 47.2 Å². The van der Waals surface area contributed by atoms with Gasteiger partial charge in [0.25, 0.3) is 0 Å². The maximum absolute atomic E-state index is 6.13. The molecule has 0 aliphatic heterocycles. The lowest BCUT2D eigenvalue weighted by Gasteiger charge is -2.20. The molecule has 1 aromatic carbocycles. The van der Waals surface area contributed by atoms with Gasteiger partial charge in [0.05, 0.1) is 14.2 Å². The molecule has 2 rings (SSSR count). The van der Waals surface area contributed by atoms with Crippen LogP contribution in [0.25, 0.3) is 0 Å². The van der Waals surface area contributed by atoms with Gasteiger partial charge in [0.1, 0.15) is 11.5 Å². The van der Waals surface area contributed by atoms with Crippen molar-refractivity contribution in [1.29, 1.82) is 0 Å². The summed E-state index contributed by atoms with van der Waals surface area (Å²) in [6.45, 7) is 0. The van der Waals surface area contributed by atoms with E-state index in [0.717, 1.165) is 42.0 Å².